The molecule has 0 spiro atoms. The average Bonchev–Trinajstić information content (AvgIpc) is 3.37. The summed E-state index contributed by atoms with van der Waals surface area (Å²) >= 11 is 7.73. The van der Waals surface area contributed by atoms with E-state index in [0.29, 0.717) is 28.6 Å². The van der Waals surface area contributed by atoms with E-state index in [0.717, 1.165) is 11.1 Å². The quantitative estimate of drug-likeness (QED) is 0.391. The van der Waals surface area contributed by atoms with Gasteiger partial charge in [-0.1, -0.05) is 72.3 Å². The Morgan fingerprint density at radius 1 is 1.00 bits per heavy atom. The lowest BCUT2D eigenvalue weighted by Gasteiger charge is -2.29. The van der Waals surface area contributed by atoms with Gasteiger partial charge in [0.2, 0.25) is 5.91 Å². The van der Waals surface area contributed by atoms with Crippen LogP contribution in [0.5, 0.6) is 0 Å². The van der Waals surface area contributed by atoms with Gasteiger partial charge in [0, 0.05) is 29.3 Å². The van der Waals surface area contributed by atoms with E-state index in [1.165, 1.54) is 16.7 Å². The van der Waals surface area contributed by atoms with Gasteiger partial charge >= 0.3 is 5.97 Å². The Labute approximate surface area is 241 Å². The Balaban J connectivity index is 1.43. The van der Waals surface area contributed by atoms with Crippen molar-refractivity contribution in [2.24, 2.45) is 0 Å². The molecule has 0 bridgehead atoms. The van der Waals surface area contributed by atoms with Gasteiger partial charge in [-0.25, -0.2) is 0 Å². The smallest absolute Gasteiger partial charge is 0.306 e. The fourth-order valence-electron chi connectivity index (χ4n) is 4.78. The minimum atomic E-state index is -1.04. The number of hydrogen-bond donors (Lipinski definition) is 2. The van der Waals surface area contributed by atoms with E-state index in [4.69, 9.17) is 16.3 Å². The monoisotopic (exact) mass is 577 g/mol. The van der Waals surface area contributed by atoms with Crippen LogP contribution in [-0.2, 0) is 30.3 Å². The Morgan fingerprint density at radius 3 is 2.42 bits per heavy atom. The highest BCUT2D eigenvalue weighted by Gasteiger charge is 2.42. The number of thioether (sulfide) groups is 1. The number of ether oxygens (including phenoxy) is 1. The van der Waals surface area contributed by atoms with Gasteiger partial charge in [0.1, 0.15) is 12.6 Å². The van der Waals surface area contributed by atoms with Crippen LogP contribution in [0.1, 0.15) is 29.2 Å². The molecule has 1 fully saturated rings. The van der Waals surface area contributed by atoms with Gasteiger partial charge < -0.3 is 20.3 Å². The maximum atomic E-state index is 14.2. The van der Waals surface area contributed by atoms with Gasteiger partial charge in [-0.05, 0) is 35.7 Å². The van der Waals surface area contributed by atoms with Crippen LogP contribution in [0.2, 0.25) is 5.02 Å². The van der Waals surface area contributed by atoms with Crippen molar-refractivity contribution in [3.63, 3.8) is 0 Å². The number of esters is 1. The summed E-state index contributed by atoms with van der Waals surface area (Å²) in [6.45, 7) is 0.169. The second-order valence-electron chi connectivity index (χ2n) is 9.57. The standard InChI is InChI=1S/C30H28ClN3O5S/c31-21-11-12-22-24(17-21)40-28(20-9-5-2-6-10-20)27(33-29(37)23-13-14-26(36)39-23)30(38)34(22)18-25(35)32-16-15-19-7-3-1-4-8-19/h1-12,17,23,27-28H,13-16,18H2,(H,32,35)(H,33,37)/t23-,27-,28+/m0/s1. The average molecular weight is 578 g/mol. The van der Waals surface area contributed by atoms with Crippen molar-refractivity contribution in [2.75, 3.05) is 18.0 Å². The Morgan fingerprint density at radius 2 is 1.73 bits per heavy atom. The molecule has 40 heavy (non-hydrogen) atoms. The van der Waals surface area contributed by atoms with Gasteiger partial charge in [-0.15, -0.1) is 11.8 Å². The SMILES string of the molecule is O=C(CN1C(=O)[C@@H](NC(=O)[C@@H]2CCC(=O)O2)[C@@H](c2ccccc2)Sc2cc(Cl)ccc21)NCCc1ccccc1. The second-order valence-corrected chi connectivity index (χ2v) is 11.2. The molecule has 0 saturated carbocycles. The number of cyclic esters (lactones) is 1. The first kappa shape index (κ1) is 27.7. The zero-order chi connectivity index (χ0) is 28.1. The summed E-state index contributed by atoms with van der Waals surface area (Å²) in [6.07, 6.45) is 0.0824. The molecule has 0 aromatic heterocycles. The molecule has 3 amide bonds. The fourth-order valence-corrected chi connectivity index (χ4v) is 6.39. The lowest BCUT2D eigenvalue weighted by atomic mass is 10.0. The molecule has 2 aliphatic rings. The second kappa shape index (κ2) is 12.6. The normalized spacial score (nSPS) is 20.3. The van der Waals surface area contributed by atoms with E-state index in [-0.39, 0.29) is 25.3 Å². The Kier molecular flexibility index (Phi) is 8.72. The lowest BCUT2D eigenvalue weighted by molar-refractivity contribution is -0.148. The van der Waals surface area contributed by atoms with E-state index in [9.17, 15) is 19.2 Å². The fraction of sp³-hybridized carbons (Fsp3) is 0.267. The zero-order valence-electron chi connectivity index (χ0n) is 21.5. The third kappa shape index (κ3) is 6.48. The van der Waals surface area contributed by atoms with Crippen LogP contribution in [0, 0.1) is 0 Å². The molecule has 0 unspecified atom stereocenters. The number of rotatable bonds is 8. The number of nitrogens with one attached hydrogen (secondary N) is 2. The third-order valence-corrected chi connectivity index (χ3v) is 8.40. The molecule has 1 saturated heterocycles. The predicted molar refractivity (Wildman–Crippen MR) is 153 cm³/mol. The van der Waals surface area contributed by atoms with Crippen molar-refractivity contribution in [1.82, 2.24) is 10.6 Å². The third-order valence-electron chi connectivity index (χ3n) is 6.78. The van der Waals surface area contributed by atoms with Crippen LogP contribution < -0.4 is 15.5 Å². The number of benzene rings is 3. The lowest BCUT2D eigenvalue weighted by Crippen LogP contribution is -2.54. The van der Waals surface area contributed by atoms with Gasteiger partial charge in [-0.2, -0.15) is 0 Å². The van der Waals surface area contributed by atoms with Crippen molar-refractivity contribution in [2.45, 2.75) is 41.6 Å². The maximum Gasteiger partial charge on any atom is 0.306 e. The number of nitrogens with zero attached hydrogens (tertiary/aromatic N) is 1. The number of halogens is 1. The van der Waals surface area contributed by atoms with Crippen LogP contribution >= 0.6 is 23.4 Å². The highest BCUT2D eigenvalue weighted by atomic mass is 35.5. The molecule has 5 rings (SSSR count). The van der Waals surface area contributed by atoms with Crippen molar-refractivity contribution >= 4 is 52.7 Å². The summed E-state index contributed by atoms with van der Waals surface area (Å²) in [7, 11) is 0. The van der Waals surface area contributed by atoms with Crippen LogP contribution in [-0.4, -0.2) is 48.9 Å². The first-order valence-electron chi connectivity index (χ1n) is 13.0. The Hall–Kier alpha value is -3.82. The molecule has 2 aliphatic heterocycles. The van der Waals surface area contributed by atoms with Crippen LogP contribution in [0.15, 0.2) is 83.8 Å². The molecule has 3 aromatic rings. The van der Waals surface area contributed by atoms with Crippen molar-refractivity contribution < 1.29 is 23.9 Å². The molecule has 0 aliphatic carbocycles. The molecular formula is C30H28ClN3O5S. The summed E-state index contributed by atoms with van der Waals surface area (Å²) in [6, 6.07) is 23.3. The molecule has 10 heteroatoms. The van der Waals surface area contributed by atoms with Gasteiger partial charge in [0.05, 0.1) is 10.9 Å². The number of carbonyl (C=O) groups excluding carboxylic acids is 4. The van der Waals surface area contributed by atoms with Gasteiger partial charge in [-0.3, -0.25) is 19.2 Å². The number of amides is 3. The van der Waals surface area contributed by atoms with Gasteiger partial charge in [0.25, 0.3) is 11.8 Å². The van der Waals surface area contributed by atoms with E-state index in [2.05, 4.69) is 10.6 Å². The summed E-state index contributed by atoms with van der Waals surface area (Å²) in [5, 5.41) is 5.70. The highest BCUT2D eigenvalue weighted by Crippen LogP contribution is 2.46. The number of fused-ring (bicyclic) bond motifs is 1. The zero-order valence-corrected chi connectivity index (χ0v) is 23.1. The van der Waals surface area contributed by atoms with Gasteiger partial charge in [0.15, 0.2) is 6.10 Å². The van der Waals surface area contributed by atoms with E-state index < -0.39 is 35.2 Å². The molecule has 3 aromatic carbocycles. The minimum absolute atomic E-state index is 0.146. The Bertz CT molecular complexity index is 1400. The molecule has 2 N–H and O–H groups in total. The van der Waals surface area contributed by atoms with E-state index >= 15 is 0 Å². The molecule has 3 atom stereocenters. The molecule has 2 heterocycles. The number of hydrogen-bond acceptors (Lipinski definition) is 6. The first-order chi connectivity index (χ1) is 19.4. The van der Waals surface area contributed by atoms with Crippen molar-refractivity contribution in [1.29, 1.82) is 0 Å². The van der Waals surface area contributed by atoms with E-state index in [1.807, 2.05) is 60.7 Å². The van der Waals surface area contributed by atoms with Crippen LogP contribution in [0.3, 0.4) is 0 Å². The van der Waals surface area contributed by atoms with Crippen LogP contribution in [0.25, 0.3) is 0 Å². The topological polar surface area (TPSA) is 105 Å². The first-order valence-corrected chi connectivity index (χ1v) is 14.3. The summed E-state index contributed by atoms with van der Waals surface area (Å²) in [5.74, 6) is -1.76. The summed E-state index contributed by atoms with van der Waals surface area (Å²) < 4.78 is 5.16. The number of carbonyl (C=O) groups is 4. The summed E-state index contributed by atoms with van der Waals surface area (Å²) in [5.41, 5.74) is 2.43. The highest BCUT2D eigenvalue weighted by molar-refractivity contribution is 7.99. The van der Waals surface area contributed by atoms with Crippen LogP contribution in [0.4, 0.5) is 5.69 Å². The van der Waals surface area contributed by atoms with E-state index in [1.54, 1.807) is 18.2 Å². The minimum Gasteiger partial charge on any atom is -0.452 e. The predicted octanol–water partition coefficient (Wildman–Crippen LogP) is 4.07. The van der Waals surface area contributed by atoms with Crippen molar-refractivity contribution in [3.8, 4) is 0 Å². The summed E-state index contributed by atoms with van der Waals surface area (Å²) in [4.78, 5) is 54.2. The largest absolute Gasteiger partial charge is 0.452 e. The molecule has 206 valence electrons. The number of anilines is 1. The molecule has 0 radical (unpaired) electrons. The van der Waals surface area contributed by atoms with Crippen molar-refractivity contribution in [3.05, 3.63) is 95.0 Å². The molecular weight excluding hydrogens is 550 g/mol. The maximum absolute atomic E-state index is 14.2. The molecule has 8 nitrogen and oxygen atoms in total.